The number of para-hydroxylation sites is 1. The van der Waals surface area contributed by atoms with Gasteiger partial charge in [0.15, 0.2) is 5.96 Å². The predicted molar refractivity (Wildman–Crippen MR) is 144 cm³/mol. The first-order chi connectivity index (χ1) is 14.7. The third kappa shape index (κ3) is 8.57. The van der Waals surface area contributed by atoms with E-state index < -0.39 is 0 Å². The molecule has 172 valence electrons. The molecule has 2 N–H and O–H groups in total. The molecule has 3 rings (SSSR count). The van der Waals surface area contributed by atoms with Crippen molar-refractivity contribution in [3.63, 3.8) is 0 Å². The summed E-state index contributed by atoms with van der Waals surface area (Å²) >= 11 is 1.74. The summed E-state index contributed by atoms with van der Waals surface area (Å²) in [5.74, 6) is 0.888. The van der Waals surface area contributed by atoms with Crippen molar-refractivity contribution in [2.45, 2.75) is 40.2 Å². The van der Waals surface area contributed by atoms with Gasteiger partial charge in [-0.3, -0.25) is 4.90 Å². The number of rotatable bonds is 9. The van der Waals surface area contributed by atoms with Gasteiger partial charge in [0, 0.05) is 49.8 Å². The van der Waals surface area contributed by atoms with Crippen LogP contribution in [-0.2, 0) is 6.54 Å². The van der Waals surface area contributed by atoms with E-state index in [9.17, 15) is 0 Å². The van der Waals surface area contributed by atoms with E-state index in [-0.39, 0.29) is 24.0 Å². The Hall–Kier alpha value is -1.39. The summed E-state index contributed by atoms with van der Waals surface area (Å²) in [5.41, 5.74) is 2.47. The molecule has 0 amide bonds. The van der Waals surface area contributed by atoms with Crippen LogP contribution in [0.2, 0.25) is 0 Å². The highest BCUT2D eigenvalue weighted by Crippen LogP contribution is 2.17. The summed E-state index contributed by atoms with van der Waals surface area (Å²) < 4.78 is 0. The van der Waals surface area contributed by atoms with Gasteiger partial charge in [0.2, 0.25) is 0 Å². The Kier molecular flexibility index (Phi) is 11.6. The van der Waals surface area contributed by atoms with Crippen molar-refractivity contribution < 1.29 is 0 Å². The molecule has 0 atom stereocenters. The van der Waals surface area contributed by atoms with E-state index in [4.69, 9.17) is 0 Å². The lowest BCUT2D eigenvalue weighted by molar-refractivity contribution is 0.253. The number of benzene rings is 1. The van der Waals surface area contributed by atoms with Crippen molar-refractivity contribution in [3.8, 4) is 0 Å². The van der Waals surface area contributed by atoms with Crippen LogP contribution in [0.25, 0.3) is 0 Å². The van der Waals surface area contributed by atoms with Gasteiger partial charge in [0.05, 0.1) is 12.2 Å². The molecule has 0 saturated carbocycles. The van der Waals surface area contributed by atoms with Crippen LogP contribution < -0.4 is 15.5 Å². The van der Waals surface area contributed by atoms with Gasteiger partial charge in [-0.25, -0.2) is 9.98 Å². The van der Waals surface area contributed by atoms with Gasteiger partial charge in [-0.2, -0.15) is 0 Å². The Morgan fingerprint density at radius 1 is 1.06 bits per heavy atom. The molecule has 2 aromatic rings. The summed E-state index contributed by atoms with van der Waals surface area (Å²) in [7, 11) is 0. The topological polar surface area (TPSA) is 55.8 Å². The Labute approximate surface area is 208 Å². The van der Waals surface area contributed by atoms with E-state index in [1.165, 1.54) is 23.5 Å². The molecule has 0 radical (unpaired) electrons. The molecule has 1 aromatic heterocycles. The van der Waals surface area contributed by atoms with Gasteiger partial charge in [-0.05, 0) is 52.3 Å². The number of nitrogens with one attached hydrogen (secondary N) is 2. The molecule has 0 aliphatic carbocycles. The number of aromatic nitrogens is 1. The molecule has 1 saturated heterocycles. The molecule has 8 heteroatoms. The van der Waals surface area contributed by atoms with E-state index in [0.717, 1.165) is 62.4 Å². The fourth-order valence-electron chi connectivity index (χ4n) is 3.63. The molecule has 6 nitrogen and oxygen atoms in total. The minimum atomic E-state index is 0. The number of unbranched alkanes of at least 4 members (excludes halogenated alkanes) is 1. The molecular weight excluding hydrogens is 519 g/mol. The summed E-state index contributed by atoms with van der Waals surface area (Å²) in [4.78, 5) is 15.6. The molecule has 0 unspecified atom stereocenters. The second-order valence-electron chi connectivity index (χ2n) is 7.74. The molecule has 1 aliphatic heterocycles. The summed E-state index contributed by atoms with van der Waals surface area (Å²) in [6.45, 7) is 14.5. The lowest BCUT2D eigenvalue weighted by atomic mass is 10.2. The summed E-state index contributed by atoms with van der Waals surface area (Å²) in [6.07, 6.45) is 2.36. The van der Waals surface area contributed by atoms with Gasteiger partial charge in [0.25, 0.3) is 0 Å². The zero-order valence-corrected chi connectivity index (χ0v) is 22.2. The van der Waals surface area contributed by atoms with Crippen LogP contribution in [0.5, 0.6) is 0 Å². The van der Waals surface area contributed by atoms with Crippen molar-refractivity contribution in [2.24, 2.45) is 4.99 Å². The lowest BCUT2D eigenvalue weighted by Gasteiger charge is -2.36. The number of piperazine rings is 1. The zero-order chi connectivity index (χ0) is 21.2. The van der Waals surface area contributed by atoms with Crippen molar-refractivity contribution >= 4 is 47.0 Å². The zero-order valence-electron chi connectivity index (χ0n) is 19.1. The summed E-state index contributed by atoms with van der Waals surface area (Å²) in [5, 5.41) is 7.88. The number of halogens is 1. The standard InChI is InChI=1S/C23H36N6S.HI/c1-4-24-23(26-18-22-27-19(2)20(3)30-22)25-12-8-9-13-28-14-16-29(17-15-28)21-10-6-5-7-11-21;/h5-7,10-11H,4,8-9,12-18H2,1-3H3,(H2,24,25,26);1H. The van der Waals surface area contributed by atoms with Crippen LogP contribution in [-0.4, -0.2) is 61.7 Å². The predicted octanol–water partition coefficient (Wildman–Crippen LogP) is 4.04. The highest BCUT2D eigenvalue weighted by atomic mass is 127. The van der Waals surface area contributed by atoms with E-state index >= 15 is 0 Å². The van der Waals surface area contributed by atoms with E-state index in [1.807, 2.05) is 0 Å². The third-order valence-electron chi connectivity index (χ3n) is 5.48. The number of aliphatic imine (C=N–C) groups is 1. The van der Waals surface area contributed by atoms with Crippen LogP contribution in [0.15, 0.2) is 35.3 Å². The largest absolute Gasteiger partial charge is 0.369 e. The lowest BCUT2D eigenvalue weighted by Crippen LogP contribution is -2.46. The van der Waals surface area contributed by atoms with Crippen molar-refractivity contribution in [2.75, 3.05) is 50.7 Å². The quantitative estimate of drug-likeness (QED) is 0.212. The highest BCUT2D eigenvalue weighted by molar-refractivity contribution is 14.0. The van der Waals surface area contributed by atoms with Gasteiger partial charge in [0.1, 0.15) is 5.01 Å². The molecule has 2 heterocycles. The van der Waals surface area contributed by atoms with Crippen LogP contribution >= 0.6 is 35.3 Å². The van der Waals surface area contributed by atoms with Crippen LogP contribution in [0, 0.1) is 13.8 Å². The maximum atomic E-state index is 4.69. The number of nitrogens with zero attached hydrogens (tertiary/aromatic N) is 4. The van der Waals surface area contributed by atoms with Crippen molar-refractivity contribution in [1.29, 1.82) is 0 Å². The minimum Gasteiger partial charge on any atom is -0.369 e. The fraction of sp³-hybridized carbons (Fsp3) is 0.565. The maximum Gasteiger partial charge on any atom is 0.191 e. The number of guanidine groups is 1. The number of hydrogen-bond acceptors (Lipinski definition) is 5. The fourth-order valence-corrected chi connectivity index (χ4v) is 4.49. The normalized spacial score (nSPS) is 14.9. The Morgan fingerprint density at radius 2 is 1.81 bits per heavy atom. The third-order valence-corrected chi connectivity index (χ3v) is 6.53. The molecule has 1 fully saturated rings. The average molecular weight is 557 g/mol. The first kappa shape index (κ1) is 25.9. The summed E-state index contributed by atoms with van der Waals surface area (Å²) in [6, 6.07) is 10.8. The van der Waals surface area contributed by atoms with Gasteiger partial charge in [-0.1, -0.05) is 18.2 Å². The first-order valence-electron chi connectivity index (χ1n) is 11.1. The SMILES string of the molecule is CCNC(=NCc1nc(C)c(C)s1)NCCCCN1CCN(c2ccccc2)CC1.I. The number of anilines is 1. The second-order valence-corrected chi connectivity index (χ2v) is 9.03. The Balaban J connectivity index is 0.00000341. The second kappa shape index (κ2) is 13.9. The van der Waals surface area contributed by atoms with E-state index in [0.29, 0.717) is 6.54 Å². The Bertz CT molecular complexity index is 767. The van der Waals surface area contributed by atoms with Gasteiger partial charge < -0.3 is 15.5 Å². The average Bonchev–Trinajstić information content (AvgIpc) is 3.10. The molecule has 1 aromatic carbocycles. The Morgan fingerprint density at radius 3 is 2.45 bits per heavy atom. The van der Waals surface area contributed by atoms with Crippen LogP contribution in [0.4, 0.5) is 5.69 Å². The molecular formula is C23H37IN6S. The van der Waals surface area contributed by atoms with Gasteiger partial charge >= 0.3 is 0 Å². The maximum absolute atomic E-state index is 4.69. The highest BCUT2D eigenvalue weighted by Gasteiger charge is 2.16. The van der Waals surface area contributed by atoms with Crippen molar-refractivity contribution in [1.82, 2.24) is 20.5 Å². The molecule has 0 spiro atoms. The number of aryl methyl sites for hydroxylation is 2. The van der Waals surface area contributed by atoms with Gasteiger partial charge in [-0.15, -0.1) is 35.3 Å². The van der Waals surface area contributed by atoms with Crippen LogP contribution in [0.3, 0.4) is 0 Å². The monoisotopic (exact) mass is 556 g/mol. The smallest absolute Gasteiger partial charge is 0.191 e. The molecule has 1 aliphatic rings. The van der Waals surface area contributed by atoms with E-state index in [1.54, 1.807) is 11.3 Å². The molecule has 31 heavy (non-hydrogen) atoms. The van der Waals surface area contributed by atoms with Crippen molar-refractivity contribution in [3.05, 3.63) is 45.9 Å². The van der Waals surface area contributed by atoms with Crippen LogP contribution in [0.1, 0.15) is 35.3 Å². The number of hydrogen-bond donors (Lipinski definition) is 2. The number of thiazole rings is 1. The first-order valence-corrected chi connectivity index (χ1v) is 11.9. The minimum absolute atomic E-state index is 0. The van der Waals surface area contributed by atoms with E-state index in [2.05, 4.69) is 81.5 Å². The molecule has 0 bridgehead atoms.